The number of likely N-dealkylation sites (tertiary alicyclic amines) is 1. The van der Waals surface area contributed by atoms with Crippen LogP contribution in [0.2, 0.25) is 0 Å². The van der Waals surface area contributed by atoms with Gasteiger partial charge in [-0.05, 0) is 59.5 Å². The Labute approximate surface area is 145 Å². The SMILES string of the molecule is CCn1nc(C)c(-c2cncn2C[C@@H](C)N2CCC(C)CC2)c1C. The highest BCUT2D eigenvalue weighted by Crippen LogP contribution is 2.27. The summed E-state index contributed by atoms with van der Waals surface area (Å²) in [5, 5.41) is 4.67. The van der Waals surface area contributed by atoms with Gasteiger partial charge in [0, 0.05) is 30.4 Å². The molecule has 0 aliphatic carbocycles. The number of imidazole rings is 1. The average molecular weight is 329 g/mol. The third-order valence-corrected chi connectivity index (χ3v) is 5.55. The van der Waals surface area contributed by atoms with Crippen LogP contribution < -0.4 is 0 Å². The normalized spacial score (nSPS) is 18.2. The van der Waals surface area contributed by atoms with Gasteiger partial charge in [-0.25, -0.2) is 4.98 Å². The van der Waals surface area contributed by atoms with Gasteiger partial charge in [-0.2, -0.15) is 5.10 Å². The molecule has 0 saturated carbocycles. The molecule has 1 atom stereocenters. The molecule has 5 heteroatoms. The van der Waals surface area contributed by atoms with Crippen molar-refractivity contribution in [1.82, 2.24) is 24.2 Å². The highest BCUT2D eigenvalue weighted by molar-refractivity contribution is 5.64. The van der Waals surface area contributed by atoms with Crippen molar-refractivity contribution >= 4 is 0 Å². The Bertz CT molecular complexity index is 676. The van der Waals surface area contributed by atoms with E-state index in [0.29, 0.717) is 6.04 Å². The van der Waals surface area contributed by atoms with E-state index in [1.54, 1.807) is 0 Å². The van der Waals surface area contributed by atoms with Gasteiger partial charge in [0.05, 0.1) is 23.9 Å². The number of rotatable bonds is 5. The van der Waals surface area contributed by atoms with E-state index in [4.69, 9.17) is 0 Å². The first-order chi connectivity index (χ1) is 11.5. The molecule has 0 N–H and O–H groups in total. The van der Waals surface area contributed by atoms with Crippen LogP contribution in [0.4, 0.5) is 0 Å². The van der Waals surface area contributed by atoms with Crippen molar-refractivity contribution in [3.8, 4) is 11.3 Å². The fourth-order valence-electron chi connectivity index (χ4n) is 3.92. The lowest BCUT2D eigenvalue weighted by Crippen LogP contribution is -2.41. The summed E-state index contributed by atoms with van der Waals surface area (Å²) in [4.78, 5) is 7.06. The molecular weight excluding hydrogens is 298 g/mol. The first kappa shape index (κ1) is 17.2. The van der Waals surface area contributed by atoms with Crippen molar-refractivity contribution in [2.24, 2.45) is 5.92 Å². The molecule has 2 aromatic rings. The minimum Gasteiger partial charge on any atom is -0.329 e. The molecule has 0 aromatic carbocycles. The van der Waals surface area contributed by atoms with Crippen LogP contribution in [0.5, 0.6) is 0 Å². The number of hydrogen-bond donors (Lipinski definition) is 0. The number of hydrogen-bond acceptors (Lipinski definition) is 3. The zero-order valence-electron chi connectivity index (χ0n) is 15.8. The fraction of sp³-hybridized carbons (Fsp3) is 0.684. The molecule has 0 radical (unpaired) electrons. The predicted octanol–water partition coefficient (Wildman–Crippen LogP) is 3.50. The van der Waals surface area contributed by atoms with Gasteiger partial charge in [0.25, 0.3) is 0 Å². The molecule has 0 spiro atoms. The standard InChI is InChI=1S/C19H31N5/c1-6-24-17(5)19(16(4)21-24)18-11-20-13-23(18)12-15(3)22-9-7-14(2)8-10-22/h11,13-15H,6-10,12H2,1-5H3/t15-/m1/s1. The summed E-state index contributed by atoms with van der Waals surface area (Å²) >= 11 is 0. The summed E-state index contributed by atoms with van der Waals surface area (Å²) in [6, 6.07) is 0.535. The monoisotopic (exact) mass is 329 g/mol. The van der Waals surface area contributed by atoms with Crippen LogP contribution in [0.1, 0.15) is 45.0 Å². The second-order valence-corrected chi connectivity index (χ2v) is 7.36. The van der Waals surface area contributed by atoms with Gasteiger partial charge < -0.3 is 4.57 Å². The van der Waals surface area contributed by atoms with Crippen LogP contribution in [0.25, 0.3) is 11.3 Å². The molecule has 1 aliphatic heterocycles. The Kier molecular flexibility index (Phi) is 5.09. The van der Waals surface area contributed by atoms with E-state index < -0.39 is 0 Å². The average Bonchev–Trinajstić information content (AvgIpc) is 3.11. The Balaban J connectivity index is 1.80. The summed E-state index contributed by atoms with van der Waals surface area (Å²) < 4.78 is 4.39. The smallest absolute Gasteiger partial charge is 0.0951 e. The Morgan fingerprint density at radius 3 is 2.58 bits per heavy atom. The molecule has 1 fully saturated rings. The van der Waals surface area contributed by atoms with E-state index in [-0.39, 0.29) is 0 Å². The Hall–Kier alpha value is -1.62. The minimum atomic E-state index is 0.535. The van der Waals surface area contributed by atoms with Crippen molar-refractivity contribution in [3.05, 3.63) is 23.9 Å². The minimum absolute atomic E-state index is 0.535. The first-order valence-corrected chi connectivity index (χ1v) is 9.29. The summed E-state index contributed by atoms with van der Waals surface area (Å²) in [6.45, 7) is 15.4. The van der Waals surface area contributed by atoms with Crippen LogP contribution >= 0.6 is 0 Å². The van der Waals surface area contributed by atoms with Gasteiger partial charge >= 0.3 is 0 Å². The number of nitrogens with zero attached hydrogens (tertiary/aromatic N) is 5. The molecule has 1 aliphatic rings. The second-order valence-electron chi connectivity index (χ2n) is 7.36. The summed E-state index contributed by atoms with van der Waals surface area (Å²) in [5.74, 6) is 0.877. The van der Waals surface area contributed by atoms with Gasteiger partial charge in [-0.15, -0.1) is 0 Å². The van der Waals surface area contributed by atoms with Crippen molar-refractivity contribution in [2.75, 3.05) is 13.1 Å². The summed E-state index contributed by atoms with van der Waals surface area (Å²) in [7, 11) is 0. The van der Waals surface area contributed by atoms with Crippen LogP contribution in [0.15, 0.2) is 12.5 Å². The zero-order valence-corrected chi connectivity index (χ0v) is 15.8. The third-order valence-electron chi connectivity index (χ3n) is 5.55. The summed E-state index contributed by atoms with van der Waals surface area (Å²) in [6.07, 6.45) is 6.60. The molecule has 24 heavy (non-hydrogen) atoms. The number of aromatic nitrogens is 4. The van der Waals surface area contributed by atoms with Crippen molar-refractivity contribution in [1.29, 1.82) is 0 Å². The van der Waals surface area contributed by atoms with Crippen molar-refractivity contribution in [2.45, 2.75) is 66.6 Å². The van der Waals surface area contributed by atoms with Gasteiger partial charge in [0.1, 0.15) is 0 Å². The number of piperidine rings is 1. The molecule has 0 unspecified atom stereocenters. The quantitative estimate of drug-likeness (QED) is 0.843. The second kappa shape index (κ2) is 7.09. The highest BCUT2D eigenvalue weighted by Gasteiger charge is 2.22. The Morgan fingerprint density at radius 2 is 1.96 bits per heavy atom. The zero-order chi connectivity index (χ0) is 17.3. The van der Waals surface area contributed by atoms with E-state index in [0.717, 1.165) is 24.7 Å². The van der Waals surface area contributed by atoms with Crippen LogP contribution in [-0.2, 0) is 13.1 Å². The van der Waals surface area contributed by atoms with Crippen LogP contribution in [0, 0.1) is 19.8 Å². The molecule has 1 saturated heterocycles. The maximum absolute atomic E-state index is 4.67. The predicted molar refractivity (Wildman–Crippen MR) is 98.0 cm³/mol. The topological polar surface area (TPSA) is 38.9 Å². The maximum atomic E-state index is 4.67. The molecule has 5 nitrogen and oxygen atoms in total. The van der Waals surface area contributed by atoms with Gasteiger partial charge in [-0.3, -0.25) is 9.58 Å². The van der Waals surface area contributed by atoms with Gasteiger partial charge in [0.2, 0.25) is 0 Å². The van der Waals surface area contributed by atoms with E-state index in [1.807, 2.05) is 12.5 Å². The molecule has 3 rings (SSSR count). The van der Waals surface area contributed by atoms with Gasteiger partial charge in [0.15, 0.2) is 0 Å². The van der Waals surface area contributed by atoms with Crippen LogP contribution in [-0.4, -0.2) is 43.4 Å². The lowest BCUT2D eigenvalue weighted by atomic mass is 9.98. The molecular formula is C19H31N5. The lowest BCUT2D eigenvalue weighted by molar-refractivity contribution is 0.135. The van der Waals surface area contributed by atoms with Gasteiger partial charge in [-0.1, -0.05) is 6.92 Å². The third kappa shape index (κ3) is 3.27. The van der Waals surface area contributed by atoms with E-state index in [2.05, 4.69) is 58.9 Å². The Morgan fingerprint density at radius 1 is 1.25 bits per heavy atom. The summed E-state index contributed by atoms with van der Waals surface area (Å²) in [5.41, 5.74) is 4.77. The van der Waals surface area contributed by atoms with Crippen molar-refractivity contribution < 1.29 is 0 Å². The van der Waals surface area contributed by atoms with E-state index in [1.165, 1.54) is 42.9 Å². The van der Waals surface area contributed by atoms with E-state index >= 15 is 0 Å². The number of aryl methyl sites for hydroxylation is 2. The van der Waals surface area contributed by atoms with Crippen molar-refractivity contribution in [3.63, 3.8) is 0 Å². The molecule has 0 bridgehead atoms. The molecule has 2 aromatic heterocycles. The molecule has 3 heterocycles. The lowest BCUT2D eigenvalue weighted by Gasteiger charge is -2.35. The maximum Gasteiger partial charge on any atom is 0.0951 e. The fourth-order valence-corrected chi connectivity index (χ4v) is 3.92. The van der Waals surface area contributed by atoms with E-state index in [9.17, 15) is 0 Å². The molecule has 132 valence electrons. The molecule has 0 amide bonds. The largest absolute Gasteiger partial charge is 0.329 e. The van der Waals surface area contributed by atoms with Crippen LogP contribution in [0.3, 0.4) is 0 Å². The first-order valence-electron chi connectivity index (χ1n) is 9.29. The highest BCUT2D eigenvalue weighted by atomic mass is 15.3.